The third-order valence-corrected chi connectivity index (χ3v) is 6.99. The van der Waals surface area contributed by atoms with Crippen molar-refractivity contribution in [2.75, 3.05) is 18.1 Å². The van der Waals surface area contributed by atoms with E-state index >= 15 is 0 Å². The number of benzene rings is 2. The second-order valence-electron chi connectivity index (χ2n) is 8.61. The number of aromatic nitrogens is 2. The summed E-state index contributed by atoms with van der Waals surface area (Å²) in [6, 6.07) is 8.12. The molecule has 0 fully saturated rings. The van der Waals surface area contributed by atoms with Gasteiger partial charge >= 0.3 is 0 Å². The third-order valence-electron chi connectivity index (χ3n) is 6.00. The quantitative estimate of drug-likeness (QED) is 0.279. The Hall–Kier alpha value is -3.79. The molecule has 0 saturated carbocycles. The number of carbonyl (C=O) groups excluding carboxylic acids is 1. The van der Waals surface area contributed by atoms with Gasteiger partial charge in [0.1, 0.15) is 16.4 Å². The van der Waals surface area contributed by atoms with Gasteiger partial charge in [0.15, 0.2) is 16.9 Å². The Balaban J connectivity index is 1.72. The van der Waals surface area contributed by atoms with Crippen LogP contribution in [0, 0.1) is 5.82 Å². The van der Waals surface area contributed by atoms with Crippen LogP contribution in [0.4, 0.5) is 9.52 Å². The molecule has 192 valence electrons. The number of hydrogen-bond donors (Lipinski definition) is 0. The van der Waals surface area contributed by atoms with Crippen LogP contribution in [0.3, 0.4) is 0 Å². The third kappa shape index (κ3) is 4.46. The van der Waals surface area contributed by atoms with Crippen LogP contribution in [0.1, 0.15) is 66.3 Å². The van der Waals surface area contributed by atoms with E-state index in [0.29, 0.717) is 35.4 Å². The number of rotatable bonds is 9. The van der Waals surface area contributed by atoms with Crippen LogP contribution >= 0.6 is 11.3 Å². The molecule has 0 spiro atoms. The molecular formula is C27H26FN3O5S. The number of aryl methyl sites for hydroxylation is 1. The topological polar surface area (TPSA) is 94.8 Å². The molecule has 0 aliphatic carbocycles. The summed E-state index contributed by atoms with van der Waals surface area (Å²) in [4.78, 5) is 28.9. The van der Waals surface area contributed by atoms with Crippen molar-refractivity contribution in [2.24, 2.45) is 0 Å². The van der Waals surface area contributed by atoms with Gasteiger partial charge in [0, 0.05) is 6.42 Å². The number of anilines is 1. The monoisotopic (exact) mass is 523 g/mol. The van der Waals surface area contributed by atoms with Crippen molar-refractivity contribution in [2.45, 2.75) is 46.1 Å². The van der Waals surface area contributed by atoms with Crippen molar-refractivity contribution in [1.82, 2.24) is 10.2 Å². The van der Waals surface area contributed by atoms with Gasteiger partial charge in [-0.3, -0.25) is 14.5 Å². The Kier molecular flexibility index (Phi) is 6.92. The Morgan fingerprint density at radius 3 is 2.62 bits per heavy atom. The molecule has 0 saturated heterocycles. The van der Waals surface area contributed by atoms with E-state index in [0.717, 1.165) is 30.3 Å². The minimum absolute atomic E-state index is 0.0651. The normalized spacial score (nSPS) is 14.9. The number of ether oxygens (including phenoxy) is 2. The number of halogens is 1. The fourth-order valence-electron chi connectivity index (χ4n) is 4.41. The van der Waals surface area contributed by atoms with Crippen LogP contribution in [0.2, 0.25) is 0 Å². The number of fused-ring (bicyclic) bond motifs is 2. The number of nitrogens with zero attached hydrogens (tertiary/aromatic N) is 3. The molecule has 1 atom stereocenters. The molecule has 1 aliphatic rings. The highest BCUT2D eigenvalue weighted by Crippen LogP contribution is 2.44. The molecule has 2 aromatic carbocycles. The molecule has 3 heterocycles. The second kappa shape index (κ2) is 10.3. The van der Waals surface area contributed by atoms with Crippen LogP contribution in [0.15, 0.2) is 45.6 Å². The average Bonchev–Trinajstić information content (AvgIpc) is 3.46. The largest absolute Gasteiger partial charge is 0.490 e. The maximum Gasteiger partial charge on any atom is 0.297 e. The molecule has 1 aliphatic heterocycles. The summed E-state index contributed by atoms with van der Waals surface area (Å²) in [6.07, 6.45) is 2.42. The Morgan fingerprint density at radius 1 is 1.03 bits per heavy atom. The molecule has 8 nitrogen and oxygen atoms in total. The predicted octanol–water partition coefficient (Wildman–Crippen LogP) is 5.67. The fraction of sp³-hybridized carbons (Fsp3) is 0.333. The van der Waals surface area contributed by atoms with Gasteiger partial charge in [-0.1, -0.05) is 31.3 Å². The first kappa shape index (κ1) is 24.9. The summed E-state index contributed by atoms with van der Waals surface area (Å²) in [5, 5.41) is 9.70. The summed E-state index contributed by atoms with van der Waals surface area (Å²) >= 11 is 1.29. The maximum atomic E-state index is 14.1. The zero-order chi connectivity index (χ0) is 26.1. The van der Waals surface area contributed by atoms with Gasteiger partial charge in [0.2, 0.25) is 10.9 Å². The van der Waals surface area contributed by atoms with Crippen molar-refractivity contribution in [1.29, 1.82) is 0 Å². The van der Waals surface area contributed by atoms with E-state index in [1.165, 1.54) is 28.4 Å². The van der Waals surface area contributed by atoms with Gasteiger partial charge in [0.05, 0.1) is 30.2 Å². The van der Waals surface area contributed by atoms with Gasteiger partial charge in [-0.2, -0.15) is 0 Å². The highest BCUT2D eigenvalue weighted by atomic mass is 32.1. The van der Waals surface area contributed by atoms with E-state index in [-0.39, 0.29) is 22.3 Å². The smallest absolute Gasteiger partial charge is 0.297 e. The molecular weight excluding hydrogens is 497 g/mol. The maximum absolute atomic E-state index is 14.1. The molecule has 0 radical (unpaired) electrons. The van der Waals surface area contributed by atoms with Gasteiger partial charge in [-0.15, -0.1) is 10.2 Å². The number of amides is 1. The molecule has 0 bridgehead atoms. The SMILES string of the molecule is CCCOc1ccc(C2c3c(oc4ccc(F)cc4c3=O)C(=O)N2c2nnc(CCC)s2)cc1OCC. The van der Waals surface area contributed by atoms with Crippen molar-refractivity contribution >= 4 is 33.3 Å². The molecule has 10 heteroatoms. The second-order valence-corrected chi connectivity index (χ2v) is 9.65. The van der Waals surface area contributed by atoms with E-state index in [4.69, 9.17) is 13.9 Å². The highest BCUT2D eigenvalue weighted by molar-refractivity contribution is 7.15. The van der Waals surface area contributed by atoms with E-state index < -0.39 is 23.2 Å². The molecule has 4 aromatic rings. The Bertz CT molecular complexity index is 1530. The molecule has 37 heavy (non-hydrogen) atoms. The van der Waals surface area contributed by atoms with Gasteiger partial charge in [-0.05, 0) is 55.7 Å². The van der Waals surface area contributed by atoms with E-state index in [9.17, 15) is 14.0 Å². The van der Waals surface area contributed by atoms with E-state index in [1.807, 2.05) is 20.8 Å². The molecule has 2 aromatic heterocycles. The molecule has 1 unspecified atom stereocenters. The summed E-state index contributed by atoms with van der Waals surface area (Å²) in [5.41, 5.74) is 0.398. The van der Waals surface area contributed by atoms with Crippen molar-refractivity contribution in [3.05, 3.63) is 74.3 Å². The average molecular weight is 524 g/mol. The predicted molar refractivity (Wildman–Crippen MR) is 138 cm³/mol. The van der Waals surface area contributed by atoms with E-state index in [1.54, 1.807) is 18.2 Å². The van der Waals surface area contributed by atoms with Crippen LogP contribution in [0.5, 0.6) is 11.5 Å². The van der Waals surface area contributed by atoms with Crippen LogP contribution in [0.25, 0.3) is 11.0 Å². The highest BCUT2D eigenvalue weighted by Gasteiger charge is 2.45. The molecule has 1 amide bonds. The van der Waals surface area contributed by atoms with Crippen molar-refractivity contribution in [3.63, 3.8) is 0 Å². The molecule has 0 N–H and O–H groups in total. The van der Waals surface area contributed by atoms with Crippen molar-refractivity contribution < 1.29 is 23.1 Å². The first-order valence-corrected chi connectivity index (χ1v) is 13.1. The lowest BCUT2D eigenvalue weighted by Crippen LogP contribution is -2.29. The summed E-state index contributed by atoms with van der Waals surface area (Å²) in [7, 11) is 0. The summed E-state index contributed by atoms with van der Waals surface area (Å²) in [5.74, 6) is -0.106. The minimum Gasteiger partial charge on any atom is -0.490 e. The van der Waals surface area contributed by atoms with E-state index in [2.05, 4.69) is 10.2 Å². The van der Waals surface area contributed by atoms with Crippen LogP contribution < -0.4 is 19.8 Å². The minimum atomic E-state index is -0.867. The van der Waals surface area contributed by atoms with Gasteiger partial charge in [-0.25, -0.2) is 4.39 Å². The van der Waals surface area contributed by atoms with Crippen LogP contribution in [-0.4, -0.2) is 29.3 Å². The Labute approximate surface area is 216 Å². The van der Waals surface area contributed by atoms with Crippen molar-refractivity contribution in [3.8, 4) is 11.5 Å². The van der Waals surface area contributed by atoms with Gasteiger partial charge in [0.25, 0.3) is 5.91 Å². The standard InChI is InChI=1S/C27H26FN3O5S/c1-4-7-21-29-30-27(37-21)31-23(15-8-10-19(35-12-5-2)20(13-15)34-6-3)22-24(32)17-14-16(28)9-11-18(17)36-25(22)26(31)33/h8-11,13-14,23H,4-7,12H2,1-3H3. The first-order valence-electron chi connectivity index (χ1n) is 12.3. The number of hydrogen-bond acceptors (Lipinski definition) is 8. The summed E-state index contributed by atoms with van der Waals surface area (Å²) < 4.78 is 31.6. The fourth-order valence-corrected chi connectivity index (χ4v) is 5.38. The van der Waals surface area contributed by atoms with Crippen LogP contribution in [-0.2, 0) is 6.42 Å². The zero-order valence-corrected chi connectivity index (χ0v) is 21.6. The van der Waals surface area contributed by atoms with Gasteiger partial charge < -0.3 is 13.9 Å². The lowest BCUT2D eigenvalue weighted by atomic mass is 9.98. The zero-order valence-electron chi connectivity index (χ0n) is 20.7. The first-order chi connectivity index (χ1) is 18.0. The lowest BCUT2D eigenvalue weighted by molar-refractivity contribution is 0.0970. The summed E-state index contributed by atoms with van der Waals surface area (Å²) in [6.45, 7) is 6.82. The lowest BCUT2D eigenvalue weighted by Gasteiger charge is -2.23. The Morgan fingerprint density at radius 2 is 1.86 bits per heavy atom. The number of carbonyl (C=O) groups is 1. The molecule has 5 rings (SSSR count).